The molecule has 0 saturated heterocycles. The molecule has 0 radical (unpaired) electrons. The first-order valence-corrected chi connectivity index (χ1v) is 35.1. The second kappa shape index (κ2) is 69.1. The summed E-state index contributed by atoms with van der Waals surface area (Å²) in [4.78, 5) is 38.0. The molecule has 0 spiro atoms. The zero-order chi connectivity index (χ0) is 58.5. The molecule has 0 aromatic rings. The van der Waals surface area contributed by atoms with Crippen LogP contribution >= 0.6 is 0 Å². The minimum Gasteiger partial charge on any atom is -0.462 e. The van der Waals surface area contributed by atoms with Crippen LogP contribution in [-0.4, -0.2) is 37.2 Å². The summed E-state index contributed by atoms with van der Waals surface area (Å²) in [5.41, 5.74) is 0. The number of esters is 3. The van der Waals surface area contributed by atoms with E-state index in [9.17, 15) is 14.4 Å². The molecule has 6 heteroatoms. The van der Waals surface area contributed by atoms with Crippen molar-refractivity contribution in [1.29, 1.82) is 0 Å². The lowest BCUT2D eigenvalue weighted by molar-refractivity contribution is -0.167. The Morgan fingerprint density at radius 3 is 0.765 bits per heavy atom. The van der Waals surface area contributed by atoms with E-state index in [2.05, 4.69) is 106 Å². The standard InChI is InChI=1S/C75H132O6/c1-4-7-10-13-15-17-19-21-23-25-27-29-31-33-34-35-36-37-38-39-40-42-43-45-47-49-51-53-55-57-59-62-65-68-74(77)80-71-72(70-79-73(76)67-64-61-12-9-6-3)81-75(78)69-66-63-60-58-56-54-52-50-48-46-44-41-32-30-28-26-24-22-20-18-16-14-11-8-5-2/h7,10,15,17,21,23,26-29,33-34,36-37,72H,4-6,8-9,11-14,16,18-20,22,24-25,30-32,35,38-71H2,1-3H3/b10-7-,17-15-,23-21-,28-26-,29-27-,34-33-,37-36-. The van der Waals surface area contributed by atoms with Gasteiger partial charge in [-0.3, -0.25) is 14.4 Å². The van der Waals surface area contributed by atoms with Gasteiger partial charge in [-0.2, -0.15) is 0 Å². The molecule has 0 N–H and O–H groups in total. The molecule has 0 aliphatic heterocycles. The monoisotopic (exact) mass is 1130 g/mol. The maximum atomic E-state index is 12.9. The third kappa shape index (κ3) is 67.3. The molecule has 0 fully saturated rings. The van der Waals surface area contributed by atoms with Crippen LogP contribution in [0.15, 0.2) is 85.1 Å². The van der Waals surface area contributed by atoms with Gasteiger partial charge < -0.3 is 14.2 Å². The van der Waals surface area contributed by atoms with Gasteiger partial charge in [-0.05, 0) is 96.3 Å². The normalized spacial score (nSPS) is 12.6. The third-order valence-corrected chi connectivity index (χ3v) is 15.4. The Morgan fingerprint density at radius 1 is 0.259 bits per heavy atom. The van der Waals surface area contributed by atoms with Gasteiger partial charge in [-0.1, -0.05) is 324 Å². The maximum Gasteiger partial charge on any atom is 0.306 e. The van der Waals surface area contributed by atoms with Crippen molar-refractivity contribution in [2.45, 2.75) is 361 Å². The summed E-state index contributed by atoms with van der Waals surface area (Å²) in [6, 6.07) is 0. The minimum atomic E-state index is -0.772. The van der Waals surface area contributed by atoms with Gasteiger partial charge in [0.25, 0.3) is 0 Å². The van der Waals surface area contributed by atoms with E-state index in [4.69, 9.17) is 14.2 Å². The largest absolute Gasteiger partial charge is 0.462 e. The van der Waals surface area contributed by atoms with Crippen LogP contribution < -0.4 is 0 Å². The average Bonchev–Trinajstić information content (AvgIpc) is 3.47. The molecule has 1 unspecified atom stereocenters. The molecule has 6 nitrogen and oxygen atoms in total. The molecule has 0 rings (SSSR count). The van der Waals surface area contributed by atoms with Crippen LogP contribution in [0, 0.1) is 0 Å². The van der Waals surface area contributed by atoms with Crippen LogP contribution in [0.3, 0.4) is 0 Å². The fourth-order valence-corrected chi connectivity index (χ4v) is 10.2. The Hall–Kier alpha value is -3.41. The Balaban J connectivity index is 3.96. The van der Waals surface area contributed by atoms with E-state index in [1.165, 1.54) is 212 Å². The van der Waals surface area contributed by atoms with Crippen molar-refractivity contribution >= 4 is 17.9 Å². The van der Waals surface area contributed by atoms with Gasteiger partial charge in [-0.25, -0.2) is 0 Å². The molecule has 0 bridgehead atoms. The van der Waals surface area contributed by atoms with Crippen molar-refractivity contribution < 1.29 is 28.6 Å². The third-order valence-electron chi connectivity index (χ3n) is 15.4. The summed E-state index contributed by atoms with van der Waals surface area (Å²) in [5, 5.41) is 0. The molecule has 0 aliphatic rings. The summed E-state index contributed by atoms with van der Waals surface area (Å²) in [7, 11) is 0. The molecule has 0 saturated carbocycles. The molecule has 0 aromatic heterocycles. The Kier molecular flexibility index (Phi) is 66.2. The minimum absolute atomic E-state index is 0.0729. The van der Waals surface area contributed by atoms with Gasteiger partial charge >= 0.3 is 17.9 Å². The highest BCUT2D eigenvalue weighted by Gasteiger charge is 2.19. The fraction of sp³-hybridized carbons (Fsp3) is 0.773. The van der Waals surface area contributed by atoms with E-state index < -0.39 is 6.10 Å². The highest BCUT2D eigenvalue weighted by atomic mass is 16.6. The van der Waals surface area contributed by atoms with Gasteiger partial charge in [0.05, 0.1) is 0 Å². The molecule has 0 amide bonds. The molecule has 468 valence electrons. The lowest BCUT2D eigenvalue weighted by Gasteiger charge is -2.18. The van der Waals surface area contributed by atoms with Crippen molar-refractivity contribution in [3.05, 3.63) is 85.1 Å². The van der Waals surface area contributed by atoms with Crippen LogP contribution in [-0.2, 0) is 28.6 Å². The Morgan fingerprint density at radius 2 is 0.481 bits per heavy atom. The average molecular weight is 1130 g/mol. The Bertz CT molecular complexity index is 1530. The van der Waals surface area contributed by atoms with Crippen LogP contribution in [0.1, 0.15) is 355 Å². The summed E-state index contributed by atoms with van der Waals surface area (Å²) in [6.07, 6.45) is 92.4. The van der Waals surface area contributed by atoms with Gasteiger partial charge in [-0.15, -0.1) is 0 Å². The first-order valence-electron chi connectivity index (χ1n) is 35.1. The molecular formula is C75H132O6. The molecule has 0 aromatic carbocycles. The van der Waals surface area contributed by atoms with Gasteiger partial charge in [0.2, 0.25) is 0 Å². The number of ether oxygens (including phenoxy) is 3. The van der Waals surface area contributed by atoms with Crippen LogP contribution in [0.25, 0.3) is 0 Å². The van der Waals surface area contributed by atoms with Crippen molar-refractivity contribution in [3.8, 4) is 0 Å². The second-order valence-corrected chi connectivity index (χ2v) is 23.4. The van der Waals surface area contributed by atoms with E-state index in [1.54, 1.807) is 0 Å². The van der Waals surface area contributed by atoms with Crippen LogP contribution in [0.5, 0.6) is 0 Å². The molecule has 0 aliphatic carbocycles. The highest BCUT2D eigenvalue weighted by molar-refractivity contribution is 5.71. The quantitative estimate of drug-likeness (QED) is 0.0261. The lowest BCUT2D eigenvalue weighted by Crippen LogP contribution is -2.30. The van der Waals surface area contributed by atoms with Crippen molar-refractivity contribution in [2.75, 3.05) is 13.2 Å². The van der Waals surface area contributed by atoms with E-state index in [0.29, 0.717) is 19.3 Å². The number of allylic oxidation sites excluding steroid dienone is 14. The smallest absolute Gasteiger partial charge is 0.306 e. The SMILES string of the molecule is CC/C=C\C/C=C\C/C=C\C/C=C\C/C=C\C/C=C\CCCCCCCCCCCCCCCCC(=O)OCC(COC(=O)CCCCCCC)OC(=O)CCCCCCCCCCCCCCC/C=C\CCCCCCCCCC. The number of unbranched alkanes of at least 4 members (excludes halogenated alkanes) is 39. The number of hydrogen-bond donors (Lipinski definition) is 0. The number of carbonyl (C=O) groups excluding carboxylic acids is 3. The molecule has 1 atom stereocenters. The first-order chi connectivity index (χ1) is 40.0. The number of carbonyl (C=O) groups is 3. The fourth-order valence-electron chi connectivity index (χ4n) is 10.2. The van der Waals surface area contributed by atoms with Crippen molar-refractivity contribution in [3.63, 3.8) is 0 Å². The topological polar surface area (TPSA) is 78.9 Å². The van der Waals surface area contributed by atoms with E-state index in [-0.39, 0.29) is 31.1 Å². The number of hydrogen-bond acceptors (Lipinski definition) is 6. The van der Waals surface area contributed by atoms with E-state index in [1.807, 2.05) is 0 Å². The predicted molar refractivity (Wildman–Crippen MR) is 353 cm³/mol. The summed E-state index contributed by atoms with van der Waals surface area (Å²) >= 11 is 0. The highest BCUT2D eigenvalue weighted by Crippen LogP contribution is 2.18. The van der Waals surface area contributed by atoms with Crippen LogP contribution in [0.4, 0.5) is 0 Å². The predicted octanol–water partition coefficient (Wildman–Crippen LogP) is 24.2. The zero-order valence-electron chi connectivity index (χ0n) is 53.8. The molecule has 0 heterocycles. The van der Waals surface area contributed by atoms with E-state index in [0.717, 1.165) is 103 Å². The summed E-state index contributed by atoms with van der Waals surface area (Å²) in [6.45, 7) is 6.48. The summed E-state index contributed by atoms with van der Waals surface area (Å²) in [5.74, 6) is -0.871. The lowest BCUT2D eigenvalue weighted by atomic mass is 10.0. The maximum absolute atomic E-state index is 12.9. The second-order valence-electron chi connectivity index (χ2n) is 23.4. The molecule has 81 heavy (non-hydrogen) atoms. The Labute approximate surface area is 503 Å². The van der Waals surface area contributed by atoms with Gasteiger partial charge in [0, 0.05) is 19.3 Å². The van der Waals surface area contributed by atoms with E-state index >= 15 is 0 Å². The molecular weight excluding hydrogens is 997 g/mol. The van der Waals surface area contributed by atoms with Crippen LogP contribution in [0.2, 0.25) is 0 Å². The zero-order valence-corrected chi connectivity index (χ0v) is 53.8. The number of rotatable bonds is 64. The van der Waals surface area contributed by atoms with Crippen molar-refractivity contribution in [2.24, 2.45) is 0 Å². The van der Waals surface area contributed by atoms with Gasteiger partial charge in [0.15, 0.2) is 6.10 Å². The van der Waals surface area contributed by atoms with Crippen molar-refractivity contribution in [1.82, 2.24) is 0 Å². The van der Waals surface area contributed by atoms with Gasteiger partial charge in [0.1, 0.15) is 13.2 Å². The summed E-state index contributed by atoms with van der Waals surface area (Å²) < 4.78 is 16.8. The first kappa shape index (κ1) is 77.6.